The van der Waals surface area contributed by atoms with Gasteiger partial charge in [0.05, 0.1) is 18.6 Å². The minimum atomic E-state index is -0.248. The van der Waals surface area contributed by atoms with Crippen molar-refractivity contribution in [1.29, 1.82) is 0 Å². The molecule has 3 aliphatic rings. The maximum atomic E-state index is 13.5. The average molecular weight is 476 g/mol. The van der Waals surface area contributed by atoms with Crippen LogP contribution in [0, 0.1) is 11.8 Å². The van der Waals surface area contributed by atoms with Crippen molar-refractivity contribution in [2.75, 3.05) is 31.1 Å². The molecular weight excluding hydrogens is 438 g/mol. The zero-order valence-electron chi connectivity index (χ0n) is 20.7. The van der Waals surface area contributed by atoms with Crippen LogP contribution < -0.4 is 10.2 Å². The zero-order valence-corrected chi connectivity index (χ0v) is 20.7. The summed E-state index contributed by atoms with van der Waals surface area (Å²) >= 11 is 0. The second-order valence-electron chi connectivity index (χ2n) is 10.3. The largest absolute Gasteiger partial charge is 0.376 e. The maximum Gasteiger partial charge on any atom is 0.230 e. The van der Waals surface area contributed by atoms with Crippen LogP contribution in [0.15, 0.2) is 48.5 Å². The topological polar surface area (TPSA) is 61.9 Å². The molecule has 1 N–H and O–H groups in total. The Morgan fingerprint density at radius 2 is 1.80 bits per heavy atom. The van der Waals surface area contributed by atoms with Crippen molar-refractivity contribution in [2.24, 2.45) is 11.8 Å². The fraction of sp³-hybridized carbons (Fsp3) is 0.517. The predicted octanol–water partition coefficient (Wildman–Crippen LogP) is 3.92. The second-order valence-corrected chi connectivity index (χ2v) is 10.3. The van der Waals surface area contributed by atoms with Crippen LogP contribution in [0.25, 0.3) is 0 Å². The SMILES string of the molecule is CC1CN(Cc2cccc(CNC(=O)C3CCCCC3C(=O)N3CCc4ccccc43)c2)CCO1. The number of hydrogen-bond donors (Lipinski definition) is 1. The molecule has 6 nitrogen and oxygen atoms in total. The van der Waals surface area contributed by atoms with Gasteiger partial charge >= 0.3 is 0 Å². The fourth-order valence-corrected chi connectivity index (χ4v) is 5.96. The number of amides is 2. The molecule has 3 atom stereocenters. The first-order valence-electron chi connectivity index (χ1n) is 13.2. The van der Waals surface area contributed by atoms with Gasteiger partial charge in [-0.2, -0.15) is 0 Å². The van der Waals surface area contributed by atoms with Crippen LogP contribution in [0.5, 0.6) is 0 Å². The number of carbonyl (C=O) groups excluding carboxylic acids is 2. The van der Waals surface area contributed by atoms with Gasteiger partial charge in [0.1, 0.15) is 0 Å². The summed E-state index contributed by atoms with van der Waals surface area (Å²) in [4.78, 5) is 31.2. The number of nitrogens with one attached hydrogen (secondary N) is 1. The standard InChI is InChI=1S/C29H37N3O3/c1-21-19-31(15-16-35-21)20-23-8-6-7-22(17-23)18-30-28(33)25-10-3-4-11-26(25)29(34)32-14-13-24-9-2-5-12-27(24)32/h2,5-9,12,17,21,25-26H,3-4,10-11,13-16,18-20H2,1H3,(H,30,33). The molecule has 2 fully saturated rings. The van der Waals surface area contributed by atoms with Crippen molar-refractivity contribution >= 4 is 17.5 Å². The Morgan fingerprint density at radius 3 is 2.66 bits per heavy atom. The highest BCUT2D eigenvalue weighted by Crippen LogP contribution is 2.36. The third-order valence-electron chi connectivity index (χ3n) is 7.76. The molecule has 2 aromatic rings. The number of anilines is 1. The number of hydrogen-bond acceptors (Lipinski definition) is 4. The molecule has 0 aromatic heterocycles. The Morgan fingerprint density at radius 1 is 1.00 bits per heavy atom. The van der Waals surface area contributed by atoms with Crippen molar-refractivity contribution < 1.29 is 14.3 Å². The van der Waals surface area contributed by atoms with Crippen molar-refractivity contribution in [1.82, 2.24) is 10.2 Å². The summed E-state index contributed by atoms with van der Waals surface area (Å²) in [5.41, 5.74) is 4.60. The van der Waals surface area contributed by atoms with Crippen LogP contribution in [0.1, 0.15) is 49.3 Å². The van der Waals surface area contributed by atoms with Gasteiger partial charge in [-0.1, -0.05) is 55.3 Å². The summed E-state index contributed by atoms with van der Waals surface area (Å²) in [7, 11) is 0. The van der Waals surface area contributed by atoms with Crippen LogP contribution in [0.2, 0.25) is 0 Å². The van der Waals surface area contributed by atoms with Gasteiger partial charge in [0, 0.05) is 44.3 Å². The quantitative estimate of drug-likeness (QED) is 0.688. The Bertz CT molecular complexity index is 1050. The molecular formula is C29H37N3O3. The van der Waals surface area contributed by atoms with E-state index in [1.807, 2.05) is 23.1 Å². The van der Waals surface area contributed by atoms with Crippen molar-refractivity contribution in [2.45, 2.75) is 58.2 Å². The van der Waals surface area contributed by atoms with E-state index in [0.717, 1.165) is 76.1 Å². The smallest absolute Gasteiger partial charge is 0.230 e. The van der Waals surface area contributed by atoms with Gasteiger partial charge in [-0.25, -0.2) is 0 Å². The number of morpholine rings is 1. The molecule has 2 amide bonds. The van der Waals surface area contributed by atoms with Gasteiger partial charge in [-0.15, -0.1) is 0 Å². The Hall–Kier alpha value is -2.70. The minimum Gasteiger partial charge on any atom is -0.376 e. The Kier molecular flexibility index (Phi) is 7.49. The molecule has 2 aliphatic heterocycles. The molecule has 1 saturated heterocycles. The molecule has 1 saturated carbocycles. The van der Waals surface area contributed by atoms with Gasteiger partial charge in [-0.3, -0.25) is 14.5 Å². The van der Waals surface area contributed by atoms with E-state index in [2.05, 4.69) is 47.5 Å². The number of para-hydroxylation sites is 1. The normalized spacial score (nSPS) is 24.7. The van der Waals surface area contributed by atoms with Crippen molar-refractivity contribution in [3.05, 3.63) is 65.2 Å². The van der Waals surface area contributed by atoms with E-state index in [1.54, 1.807) is 0 Å². The van der Waals surface area contributed by atoms with Crippen molar-refractivity contribution in [3.8, 4) is 0 Å². The first kappa shape index (κ1) is 24.0. The van der Waals surface area contributed by atoms with Crippen LogP contribution >= 0.6 is 0 Å². The number of fused-ring (bicyclic) bond motifs is 1. The molecule has 2 aromatic carbocycles. The summed E-state index contributed by atoms with van der Waals surface area (Å²) in [5.74, 6) is -0.342. The first-order chi connectivity index (χ1) is 17.1. The molecule has 0 spiro atoms. The maximum absolute atomic E-state index is 13.5. The molecule has 3 unspecified atom stereocenters. The summed E-state index contributed by atoms with van der Waals surface area (Å²) in [6, 6.07) is 16.6. The van der Waals surface area contributed by atoms with E-state index in [0.29, 0.717) is 6.54 Å². The molecule has 5 rings (SSSR count). The molecule has 35 heavy (non-hydrogen) atoms. The van der Waals surface area contributed by atoms with Gasteiger partial charge in [0.2, 0.25) is 11.8 Å². The van der Waals surface area contributed by atoms with Gasteiger partial charge in [0.25, 0.3) is 0 Å². The van der Waals surface area contributed by atoms with Crippen LogP contribution in [-0.4, -0.2) is 49.1 Å². The molecule has 6 heteroatoms. The second kappa shape index (κ2) is 10.9. The van der Waals surface area contributed by atoms with E-state index in [1.165, 1.54) is 11.1 Å². The fourth-order valence-electron chi connectivity index (χ4n) is 5.96. The number of benzene rings is 2. The van der Waals surface area contributed by atoms with E-state index < -0.39 is 0 Å². The summed E-state index contributed by atoms with van der Waals surface area (Å²) < 4.78 is 5.65. The average Bonchev–Trinajstić information content (AvgIpc) is 3.31. The predicted molar refractivity (Wildman–Crippen MR) is 137 cm³/mol. The van der Waals surface area contributed by atoms with E-state index in [4.69, 9.17) is 4.74 Å². The Balaban J connectivity index is 1.20. The molecule has 2 heterocycles. The summed E-state index contributed by atoms with van der Waals surface area (Å²) in [6.45, 7) is 6.90. The molecule has 0 radical (unpaired) electrons. The minimum absolute atomic E-state index is 0.0166. The molecule has 186 valence electrons. The highest BCUT2D eigenvalue weighted by atomic mass is 16.5. The third kappa shape index (κ3) is 5.60. The lowest BCUT2D eigenvalue weighted by molar-refractivity contribution is -0.135. The van der Waals surface area contributed by atoms with Gasteiger partial charge in [-0.05, 0) is 48.9 Å². The van der Waals surface area contributed by atoms with Crippen molar-refractivity contribution in [3.63, 3.8) is 0 Å². The van der Waals surface area contributed by atoms with E-state index in [9.17, 15) is 9.59 Å². The Labute approximate surface area is 208 Å². The third-order valence-corrected chi connectivity index (χ3v) is 7.76. The summed E-state index contributed by atoms with van der Waals surface area (Å²) in [5, 5.41) is 3.16. The number of carbonyl (C=O) groups is 2. The number of nitrogens with zero attached hydrogens (tertiary/aromatic N) is 2. The van der Waals surface area contributed by atoms with Crippen LogP contribution in [-0.2, 0) is 33.8 Å². The monoisotopic (exact) mass is 475 g/mol. The lowest BCUT2D eigenvalue weighted by atomic mass is 9.77. The highest BCUT2D eigenvalue weighted by Gasteiger charge is 2.39. The highest BCUT2D eigenvalue weighted by molar-refractivity contribution is 5.99. The van der Waals surface area contributed by atoms with E-state index in [-0.39, 0.29) is 29.8 Å². The molecule has 1 aliphatic carbocycles. The van der Waals surface area contributed by atoms with Crippen LogP contribution in [0.3, 0.4) is 0 Å². The van der Waals surface area contributed by atoms with E-state index >= 15 is 0 Å². The zero-order chi connectivity index (χ0) is 24.2. The first-order valence-corrected chi connectivity index (χ1v) is 13.2. The van der Waals surface area contributed by atoms with Crippen LogP contribution in [0.4, 0.5) is 5.69 Å². The van der Waals surface area contributed by atoms with Gasteiger partial charge < -0.3 is 15.0 Å². The van der Waals surface area contributed by atoms with Gasteiger partial charge in [0.15, 0.2) is 0 Å². The lowest BCUT2D eigenvalue weighted by Crippen LogP contribution is -2.45. The lowest BCUT2D eigenvalue weighted by Gasteiger charge is -2.32. The molecule has 0 bridgehead atoms. The number of ether oxygens (including phenoxy) is 1. The number of rotatable bonds is 6. The summed E-state index contributed by atoms with van der Waals surface area (Å²) in [6.07, 6.45) is 4.76.